The monoisotopic (exact) mass is 338 g/mol. The van der Waals surface area contributed by atoms with Gasteiger partial charge in [0, 0.05) is 33.7 Å². The lowest BCUT2D eigenvalue weighted by molar-refractivity contribution is 0.0105. The molecule has 25 heavy (non-hydrogen) atoms. The smallest absolute Gasteiger partial charge is 0.340 e. The number of carbonyl (C=O) groups is 1. The van der Waals surface area contributed by atoms with Crippen LogP contribution in [0.1, 0.15) is 28.8 Å². The van der Waals surface area contributed by atoms with Crippen molar-refractivity contribution in [1.29, 1.82) is 0 Å². The van der Waals surface area contributed by atoms with Crippen molar-refractivity contribution in [3.05, 3.63) is 65.7 Å². The molecule has 0 bridgehead atoms. The highest BCUT2D eigenvalue weighted by Crippen LogP contribution is 2.22. The first-order chi connectivity index (χ1) is 12.1. The van der Waals surface area contributed by atoms with Crippen molar-refractivity contribution in [1.82, 2.24) is 4.90 Å². The van der Waals surface area contributed by atoms with Crippen LogP contribution in [-0.4, -0.2) is 44.2 Å². The molecular weight excluding hydrogens is 312 g/mol. The molecule has 4 nitrogen and oxygen atoms in total. The summed E-state index contributed by atoms with van der Waals surface area (Å²) in [5, 5.41) is 0. The Kier molecular flexibility index (Phi) is 5.71. The summed E-state index contributed by atoms with van der Waals surface area (Å²) in [6, 6.07) is 18.1. The summed E-state index contributed by atoms with van der Waals surface area (Å²) >= 11 is 0. The Bertz CT molecular complexity index is 692. The Morgan fingerprint density at radius 3 is 2.36 bits per heavy atom. The van der Waals surface area contributed by atoms with Crippen LogP contribution in [0.4, 0.5) is 5.69 Å². The molecule has 0 unspecified atom stereocenters. The number of ether oxygens (including phenoxy) is 1. The van der Waals surface area contributed by atoms with E-state index in [1.54, 1.807) is 0 Å². The van der Waals surface area contributed by atoms with Crippen molar-refractivity contribution in [2.24, 2.45) is 0 Å². The van der Waals surface area contributed by atoms with Crippen LogP contribution < -0.4 is 4.90 Å². The Hall–Kier alpha value is -2.33. The lowest BCUT2D eigenvalue weighted by Crippen LogP contribution is -2.37. The van der Waals surface area contributed by atoms with Gasteiger partial charge < -0.3 is 9.64 Å². The van der Waals surface area contributed by atoms with E-state index in [1.165, 1.54) is 5.56 Å². The number of anilines is 1. The standard InChI is InChI=1S/C21H26N2O2/c1-22(2)20-11-7-6-10-19(20)21(24)25-18-12-14-23(15-13-18)16-17-8-4-3-5-9-17/h3-11,18H,12-16H2,1-2H3. The van der Waals surface area contributed by atoms with Gasteiger partial charge in [0.15, 0.2) is 0 Å². The number of likely N-dealkylation sites (tertiary alicyclic amines) is 1. The topological polar surface area (TPSA) is 32.8 Å². The van der Waals surface area contributed by atoms with Crippen molar-refractivity contribution < 1.29 is 9.53 Å². The minimum absolute atomic E-state index is 0.00902. The Morgan fingerprint density at radius 2 is 1.68 bits per heavy atom. The van der Waals surface area contributed by atoms with E-state index in [0.29, 0.717) is 5.56 Å². The third-order valence-corrected chi connectivity index (χ3v) is 4.66. The van der Waals surface area contributed by atoms with Crippen LogP contribution in [0.5, 0.6) is 0 Å². The number of rotatable bonds is 5. The zero-order valence-corrected chi connectivity index (χ0v) is 15.0. The highest BCUT2D eigenvalue weighted by atomic mass is 16.5. The second-order valence-corrected chi connectivity index (χ2v) is 6.78. The maximum atomic E-state index is 12.5. The van der Waals surface area contributed by atoms with Gasteiger partial charge in [-0.3, -0.25) is 4.90 Å². The van der Waals surface area contributed by atoms with Gasteiger partial charge in [-0.15, -0.1) is 0 Å². The van der Waals surface area contributed by atoms with Gasteiger partial charge in [-0.25, -0.2) is 4.79 Å². The van der Waals surface area contributed by atoms with Crippen LogP contribution in [0.2, 0.25) is 0 Å². The van der Waals surface area contributed by atoms with Crippen molar-refractivity contribution in [2.75, 3.05) is 32.1 Å². The Labute approximate surface area is 150 Å². The van der Waals surface area contributed by atoms with Crippen LogP contribution in [0.25, 0.3) is 0 Å². The summed E-state index contributed by atoms with van der Waals surface area (Å²) in [6.07, 6.45) is 1.79. The van der Waals surface area contributed by atoms with E-state index in [9.17, 15) is 4.79 Å². The molecule has 3 rings (SSSR count). The van der Waals surface area contributed by atoms with Crippen LogP contribution in [-0.2, 0) is 11.3 Å². The summed E-state index contributed by atoms with van der Waals surface area (Å²) in [6.45, 7) is 2.88. The molecule has 132 valence electrons. The van der Waals surface area contributed by atoms with Gasteiger partial charge in [0.25, 0.3) is 0 Å². The van der Waals surface area contributed by atoms with Gasteiger partial charge in [-0.05, 0) is 30.5 Å². The van der Waals surface area contributed by atoms with Gasteiger partial charge >= 0.3 is 5.97 Å². The number of piperidine rings is 1. The number of para-hydroxylation sites is 1. The number of hydrogen-bond donors (Lipinski definition) is 0. The summed E-state index contributed by atoms with van der Waals surface area (Å²) in [5.41, 5.74) is 2.87. The predicted octanol–water partition coefficient (Wildman–Crippen LogP) is 3.57. The van der Waals surface area contributed by atoms with Crippen LogP contribution in [0, 0.1) is 0 Å². The van der Waals surface area contributed by atoms with Crippen molar-refractivity contribution in [3.63, 3.8) is 0 Å². The molecule has 0 N–H and O–H groups in total. The molecule has 0 radical (unpaired) electrons. The van der Waals surface area contributed by atoms with Gasteiger partial charge in [0.05, 0.1) is 11.3 Å². The molecule has 2 aromatic carbocycles. The van der Waals surface area contributed by atoms with Crippen LogP contribution in [0.3, 0.4) is 0 Å². The first-order valence-electron chi connectivity index (χ1n) is 8.87. The van der Waals surface area contributed by atoms with E-state index in [-0.39, 0.29) is 12.1 Å². The molecule has 1 fully saturated rings. The molecule has 0 atom stereocenters. The highest BCUT2D eigenvalue weighted by molar-refractivity contribution is 5.95. The molecule has 1 heterocycles. The number of esters is 1. The third kappa shape index (κ3) is 4.60. The quantitative estimate of drug-likeness (QED) is 0.780. The van der Waals surface area contributed by atoms with Crippen LogP contribution in [0.15, 0.2) is 54.6 Å². The number of benzene rings is 2. The normalized spacial score (nSPS) is 15.8. The molecule has 0 aliphatic carbocycles. The zero-order valence-electron chi connectivity index (χ0n) is 15.0. The molecule has 1 aliphatic rings. The summed E-state index contributed by atoms with van der Waals surface area (Å²) in [7, 11) is 3.88. The first-order valence-corrected chi connectivity index (χ1v) is 8.87. The minimum atomic E-state index is -0.217. The van der Waals surface area contributed by atoms with E-state index in [2.05, 4.69) is 29.2 Å². The molecule has 2 aromatic rings. The molecule has 0 saturated carbocycles. The average Bonchev–Trinajstić information content (AvgIpc) is 2.64. The second-order valence-electron chi connectivity index (χ2n) is 6.78. The van der Waals surface area contributed by atoms with E-state index >= 15 is 0 Å². The molecule has 0 amide bonds. The maximum Gasteiger partial charge on any atom is 0.340 e. The molecule has 1 saturated heterocycles. The minimum Gasteiger partial charge on any atom is -0.459 e. The lowest BCUT2D eigenvalue weighted by Gasteiger charge is -2.31. The van der Waals surface area contributed by atoms with Crippen LogP contribution >= 0.6 is 0 Å². The molecule has 1 aliphatic heterocycles. The fourth-order valence-corrected chi connectivity index (χ4v) is 3.28. The summed E-state index contributed by atoms with van der Waals surface area (Å²) in [5.74, 6) is -0.217. The second kappa shape index (κ2) is 8.17. The van der Waals surface area contributed by atoms with Gasteiger partial charge in [0.1, 0.15) is 6.10 Å². The van der Waals surface area contributed by atoms with Gasteiger partial charge in [-0.1, -0.05) is 42.5 Å². The Morgan fingerprint density at radius 1 is 1.04 bits per heavy atom. The largest absolute Gasteiger partial charge is 0.459 e. The average molecular weight is 338 g/mol. The fraction of sp³-hybridized carbons (Fsp3) is 0.381. The number of nitrogens with zero attached hydrogens (tertiary/aromatic N) is 2. The Balaban J connectivity index is 1.53. The van der Waals surface area contributed by atoms with E-state index in [0.717, 1.165) is 38.2 Å². The maximum absolute atomic E-state index is 12.5. The fourth-order valence-electron chi connectivity index (χ4n) is 3.28. The first kappa shape index (κ1) is 17.5. The summed E-state index contributed by atoms with van der Waals surface area (Å²) in [4.78, 5) is 16.9. The number of hydrogen-bond acceptors (Lipinski definition) is 4. The van der Waals surface area contributed by atoms with Crippen molar-refractivity contribution in [2.45, 2.75) is 25.5 Å². The van der Waals surface area contributed by atoms with E-state index < -0.39 is 0 Å². The molecular formula is C21H26N2O2. The highest BCUT2D eigenvalue weighted by Gasteiger charge is 2.24. The molecule has 4 heteroatoms. The van der Waals surface area contributed by atoms with E-state index in [4.69, 9.17) is 4.74 Å². The molecule has 0 spiro atoms. The zero-order chi connectivity index (χ0) is 17.6. The van der Waals surface area contributed by atoms with Gasteiger partial charge in [-0.2, -0.15) is 0 Å². The SMILES string of the molecule is CN(C)c1ccccc1C(=O)OC1CCN(Cc2ccccc2)CC1. The van der Waals surface area contributed by atoms with E-state index in [1.807, 2.05) is 49.3 Å². The lowest BCUT2D eigenvalue weighted by atomic mass is 10.1. The van der Waals surface area contributed by atoms with Gasteiger partial charge in [0.2, 0.25) is 0 Å². The van der Waals surface area contributed by atoms with Crippen molar-refractivity contribution in [3.8, 4) is 0 Å². The predicted molar refractivity (Wildman–Crippen MR) is 101 cm³/mol. The van der Waals surface area contributed by atoms with Crippen molar-refractivity contribution >= 4 is 11.7 Å². The summed E-state index contributed by atoms with van der Waals surface area (Å²) < 4.78 is 5.77. The number of carbonyl (C=O) groups excluding carboxylic acids is 1. The third-order valence-electron chi connectivity index (χ3n) is 4.66. The molecule has 0 aromatic heterocycles.